The molecular formula is C21H41NO2Si2. The molecule has 1 aromatic rings. The normalized spacial score (nSPS) is 13.8. The second-order valence-electron chi connectivity index (χ2n) is 10.4. The Morgan fingerprint density at radius 3 is 1.35 bits per heavy atom. The van der Waals surface area contributed by atoms with E-state index in [4.69, 9.17) is 8.85 Å². The Morgan fingerprint density at radius 2 is 1.08 bits per heavy atom. The van der Waals surface area contributed by atoms with E-state index in [2.05, 4.69) is 91.2 Å². The fourth-order valence-corrected chi connectivity index (χ4v) is 3.96. The van der Waals surface area contributed by atoms with Crippen molar-refractivity contribution in [2.75, 3.05) is 12.4 Å². The molecule has 3 nitrogen and oxygen atoms in total. The van der Waals surface area contributed by atoms with Gasteiger partial charge in [-0.3, -0.25) is 0 Å². The van der Waals surface area contributed by atoms with E-state index in [9.17, 15) is 0 Å². The van der Waals surface area contributed by atoms with Gasteiger partial charge in [0, 0.05) is 12.7 Å². The van der Waals surface area contributed by atoms with Gasteiger partial charge in [0.2, 0.25) is 0 Å². The Balaban J connectivity index is 2.92. The Hall–Kier alpha value is -0.626. The summed E-state index contributed by atoms with van der Waals surface area (Å²) in [6, 6.07) is 6.60. The highest BCUT2D eigenvalue weighted by atomic mass is 28.4. The fraction of sp³-hybridized carbons (Fsp3) is 0.714. The van der Waals surface area contributed by atoms with Crippen molar-refractivity contribution in [3.05, 3.63) is 29.3 Å². The molecule has 0 saturated heterocycles. The second-order valence-corrected chi connectivity index (χ2v) is 20.0. The first-order valence-electron chi connectivity index (χ1n) is 9.67. The number of hydrogen-bond donors (Lipinski definition) is 1. The lowest BCUT2D eigenvalue weighted by Crippen LogP contribution is -2.40. The highest BCUT2D eigenvalue weighted by molar-refractivity contribution is 6.74. The SMILES string of the molecule is CNc1cc(CO[Si](C)(C)C(C)(C)C)cc(CO[Si](C)(C)C(C)(C)C)c1. The molecule has 0 aliphatic carbocycles. The highest BCUT2D eigenvalue weighted by Crippen LogP contribution is 2.38. The molecule has 0 fully saturated rings. The number of rotatable bonds is 7. The van der Waals surface area contributed by atoms with E-state index in [0.29, 0.717) is 13.2 Å². The molecule has 0 atom stereocenters. The predicted octanol–water partition coefficient (Wildman–Crippen LogP) is 6.77. The molecule has 0 radical (unpaired) electrons. The van der Waals surface area contributed by atoms with Crippen molar-refractivity contribution < 1.29 is 8.85 Å². The quantitative estimate of drug-likeness (QED) is 0.517. The van der Waals surface area contributed by atoms with Crippen molar-refractivity contribution >= 4 is 22.3 Å². The van der Waals surface area contributed by atoms with Crippen molar-refractivity contribution in [2.45, 2.75) is 91.0 Å². The van der Waals surface area contributed by atoms with Crippen LogP contribution in [0.3, 0.4) is 0 Å². The van der Waals surface area contributed by atoms with E-state index in [1.807, 2.05) is 7.05 Å². The maximum atomic E-state index is 6.41. The summed E-state index contributed by atoms with van der Waals surface area (Å²) in [5.74, 6) is 0. The van der Waals surface area contributed by atoms with Gasteiger partial charge in [0.1, 0.15) is 0 Å². The lowest BCUT2D eigenvalue weighted by molar-refractivity contribution is 0.271. The minimum atomic E-state index is -1.75. The van der Waals surface area contributed by atoms with E-state index in [1.54, 1.807) is 0 Å². The first-order valence-corrected chi connectivity index (χ1v) is 15.5. The molecule has 0 aliphatic rings. The van der Waals surface area contributed by atoms with Crippen molar-refractivity contribution in [3.63, 3.8) is 0 Å². The molecule has 0 saturated carbocycles. The van der Waals surface area contributed by atoms with Crippen LogP contribution in [0.1, 0.15) is 52.7 Å². The van der Waals surface area contributed by atoms with Crippen molar-refractivity contribution in [2.24, 2.45) is 0 Å². The molecule has 0 aliphatic heterocycles. The molecule has 1 N–H and O–H groups in total. The molecular weight excluding hydrogens is 354 g/mol. The summed E-state index contributed by atoms with van der Waals surface area (Å²) in [4.78, 5) is 0. The van der Waals surface area contributed by atoms with Crippen molar-refractivity contribution in [1.29, 1.82) is 0 Å². The van der Waals surface area contributed by atoms with E-state index in [1.165, 1.54) is 11.1 Å². The van der Waals surface area contributed by atoms with Crippen LogP contribution in [0.2, 0.25) is 36.3 Å². The summed E-state index contributed by atoms with van der Waals surface area (Å²) < 4.78 is 12.8. The van der Waals surface area contributed by atoms with Gasteiger partial charge in [-0.05, 0) is 59.5 Å². The van der Waals surface area contributed by atoms with Crippen molar-refractivity contribution in [1.82, 2.24) is 0 Å². The van der Waals surface area contributed by atoms with Crippen LogP contribution in [0.5, 0.6) is 0 Å². The van der Waals surface area contributed by atoms with E-state index in [0.717, 1.165) is 5.69 Å². The van der Waals surface area contributed by atoms with Crippen LogP contribution < -0.4 is 5.32 Å². The van der Waals surface area contributed by atoms with Gasteiger partial charge >= 0.3 is 0 Å². The lowest BCUT2D eigenvalue weighted by atomic mass is 10.1. The average molecular weight is 396 g/mol. The van der Waals surface area contributed by atoms with E-state index < -0.39 is 16.6 Å². The molecule has 150 valence electrons. The number of hydrogen-bond acceptors (Lipinski definition) is 3. The van der Waals surface area contributed by atoms with Crippen LogP contribution in [0.25, 0.3) is 0 Å². The zero-order valence-corrected chi connectivity index (χ0v) is 21.0. The lowest BCUT2D eigenvalue weighted by Gasteiger charge is -2.36. The smallest absolute Gasteiger partial charge is 0.192 e. The minimum absolute atomic E-state index is 0.224. The van der Waals surface area contributed by atoms with Gasteiger partial charge in [-0.15, -0.1) is 0 Å². The standard InChI is InChI=1S/C21H41NO2Si2/c1-20(2,3)25(8,9)23-15-17-12-18(14-19(13-17)22-7)16-24-26(10,11)21(4,5)6/h12-14,22H,15-16H2,1-11H3. The monoisotopic (exact) mass is 395 g/mol. The third-order valence-electron chi connectivity index (χ3n) is 6.15. The highest BCUT2D eigenvalue weighted by Gasteiger charge is 2.38. The molecule has 0 spiro atoms. The minimum Gasteiger partial charge on any atom is -0.413 e. The van der Waals surface area contributed by atoms with Gasteiger partial charge in [0.25, 0.3) is 0 Å². The summed E-state index contributed by atoms with van der Waals surface area (Å²) in [5, 5.41) is 3.72. The Kier molecular flexibility index (Phi) is 7.36. The molecule has 0 heterocycles. The molecule has 26 heavy (non-hydrogen) atoms. The molecule has 0 amide bonds. The molecule has 1 aromatic carbocycles. The predicted molar refractivity (Wildman–Crippen MR) is 120 cm³/mol. The topological polar surface area (TPSA) is 30.5 Å². The van der Waals surface area contributed by atoms with Crippen LogP contribution in [0.4, 0.5) is 5.69 Å². The first kappa shape index (κ1) is 23.4. The third kappa shape index (κ3) is 6.22. The average Bonchev–Trinajstić information content (AvgIpc) is 2.48. The first-order chi connectivity index (χ1) is 11.6. The van der Waals surface area contributed by atoms with Gasteiger partial charge in [0.05, 0.1) is 13.2 Å². The molecule has 0 bridgehead atoms. The Labute approximate surface area is 164 Å². The largest absolute Gasteiger partial charge is 0.413 e. The molecule has 0 aromatic heterocycles. The summed E-state index contributed by atoms with van der Waals surface area (Å²) in [5.41, 5.74) is 3.56. The summed E-state index contributed by atoms with van der Waals surface area (Å²) in [6.07, 6.45) is 0. The summed E-state index contributed by atoms with van der Waals surface area (Å²) in [6.45, 7) is 24.2. The Bertz CT molecular complexity index is 551. The molecule has 0 unspecified atom stereocenters. The summed E-state index contributed by atoms with van der Waals surface area (Å²) >= 11 is 0. The van der Waals surface area contributed by atoms with E-state index in [-0.39, 0.29) is 10.1 Å². The van der Waals surface area contributed by atoms with Crippen LogP contribution in [0, 0.1) is 0 Å². The van der Waals surface area contributed by atoms with Gasteiger partial charge in [0.15, 0.2) is 16.6 Å². The van der Waals surface area contributed by atoms with Crippen LogP contribution in [-0.4, -0.2) is 23.7 Å². The maximum Gasteiger partial charge on any atom is 0.192 e. The zero-order valence-electron chi connectivity index (χ0n) is 19.0. The van der Waals surface area contributed by atoms with Crippen LogP contribution in [0.15, 0.2) is 18.2 Å². The van der Waals surface area contributed by atoms with Crippen LogP contribution in [-0.2, 0) is 22.1 Å². The molecule has 5 heteroatoms. The number of benzene rings is 1. The van der Waals surface area contributed by atoms with Crippen LogP contribution >= 0.6 is 0 Å². The zero-order chi connectivity index (χ0) is 20.4. The number of nitrogens with one attached hydrogen (secondary N) is 1. The third-order valence-corrected chi connectivity index (χ3v) is 15.1. The molecule has 1 rings (SSSR count). The number of anilines is 1. The van der Waals surface area contributed by atoms with Gasteiger partial charge in [-0.2, -0.15) is 0 Å². The maximum absolute atomic E-state index is 6.41. The van der Waals surface area contributed by atoms with Gasteiger partial charge < -0.3 is 14.2 Å². The van der Waals surface area contributed by atoms with E-state index >= 15 is 0 Å². The van der Waals surface area contributed by atoms with Crippen molar-refractivity contribution in [3.8, 4) is 0 Å². The fourth-order valence-electron chi connectivity index (χ4n) is 2.03. The second kappa shape index (κ2) is 8.17. The summed E-state index contributed by atoms with van der Waals surface area (Å²) in [7, 11) is -1.54. The Morgan fingerprint density at radius 1 is 0.731 bits per heavy atom. The van der Waals surface area contributed by atoms with Gasteiger partial charge in [-0.25, -0.2) is 0 Å². The van der Waals surface area contributed by atoms with Gasteiger partial charge in [-0.1, -0.05) is 47.6 Å².